The standard InChI is InChI=1S/C11H14N4O/c16-11-6-15(4-3-12-11)10-5-9(8-1-2-8)13-7-14-10/h5,7-8H,1-4,6H2,(H,12,16). The molecule has 1 aliphatic carbocycles. The lowest BCUT2D eigenvalue weighted by molar-refractivity contribution is -0.120. The first-order valence-corrected chi connectivity index (χ1v) is 5.66. The molecule has 2 fully saturated rings. The van der Waals surface area contributed by atoms with Crippen molar-refractivity contribution >= 4 is 11.7 Å². The lowest BCUT2D eigenvalue weighted by Gasteiger charge is -2.27. The Morgan fingerprint density at radius 1 is 1.38 bits per heavy atom. The number of piperazine rings is 1. The van der Waals surface area contributed by atoms with E-state index in [1.54, 1.807) is 6.33 Å². The van der Waals surface area contributed by atoms with Gasteiger partial charge in [0.25, 0.3) is 0 Å². The third kappa shape index (κ3) is 1.85. The molecule has 0 atom stereocenters. The third-order valence-corrected chi connectivity index (χ3v) is 3.03. The summed E-state index contributed by atoms with van der Waals surface area (Å²) in [5, 5.41) is 2.81. The number of carbonyl (C=O) groups is 1. The summed E-state index contributed by atoms with van der Waals surface area (Å²) in [6, 6.07) is 2.02. The first-order chi connectivity index (χ1) is 7.83. The van der Waals surface area contributed by atoms with E-state index in [0.717, 1.165) is 18.1 Å². The van der Waals surface area contributed by atoms with E-state index in [0.29, 0.717) is 19.0 Å². The largest absolute Gasteiger partial charge is 0.353 e. The summed E-state index contributed by atoms with van der Waals surface area (Å²) < 4.78 is 0. The summed E-state index contributed by atoms with van der Waals surface area (Å²) in [5.74, 6) is 1.57. The molecular weight excluding hydrogens is 204 g/mol. The van der Waals surface area contributed by atoms with Gasteiger partial charge in [0.15, 0.2) is 0 Å². The molecule has 16 heavy (non-hydrogen) atoms. The van der Waals surface area contributed by atoms with Crippen LogP contribution >= 0.6 is 0 Å². The minimum absolute atomic E-state index is 0.0674. The number of hydrogen-bond donors (Lipinski definition) is 1. The summed E-state index contributed by atoms with van der Waals surface area (Å²) in [7, 11) is 0. The van der Waals surface area contributed by atoms with Crippen LogP contribution in [-0.4, -0.2) is 35.5 Å². The van der Waals surface area contributed by atoms with Gasteiger partial charge in [0.2, 0.25) is 5.91 Å². The highest BCUT2D eigenvalue weighted by Gasteiger charge is 2.26. The Morgan fingerprint density at radius 2 is 2.25 bits per heavy atom. The van der Waals surface area contributed by atoms with Crippen LogP contribution in [0.3, 0.4) is 0 Å². The zero-order valence-electron chi connectivity index (χ0n) is 9.02. The Hall–Kier alpha value is -1.65. The van der Waals surface area contributed by atoms with Gasteiger partial charge >= 0.3 is 0 Å². The van der Waals surface area contributed by atoms with Crippen molar-refractivity contribution in [1.82, 2.24) is 15.3 Å². The maximum Gasteiger partial charge on any atom is 0.239 e. The molecule has 1 N–H and O–H groups in total. The molecule has 1 aromatic heterocycles. The van der Waals surface area contributed by atoms with Gasteiger partial charge in [0, 0.05) is 30.8 Å². The summed E-state index contributed by atoms with van der Waals surface area (Å²) in [6.45, 7) is 1.93. The second-order valence-corrected chi connectivity index (χ2v) is 4.35. The molecule has 1 saturated carbocycles. The third-order valence-electron chi connectivity index (χ3n) is 3.03. The number of rotatable bonds is 2. The molecule has 0 aromatic carbocycles. The van der Waals surface area contributed by atoms with Gasteiger partial charge in [-0.3, -0.25) is 4.79 Å². The van der Waals surface area contributed by atoms with Crippen molar-refractivity contribution in [2.45, 2.75) is 18.8 Å². The van der Waals surface area contributed by atoms with Crippen LogP contribution in [0.2, 0.25) is 0 Å². The molecular formula is C11H14N4O. The Morgan fingerprint density at radius 3 is 3.00 bits per heavy atom. The molecule has 3 rings (SSSR count). The van der Waals surface area contributed by atoms with E-state index in [4.69, 9.17) is 0 Å². The van der Waals surface area contributed by atoms with E-state index < -0.39 is 0 Å². The predicted octanol–water partition coefficient (Wildman–Crippen LogP) is 0.290. The zero-order valence-corrected chi connectivity index (χ0v) is 9.02. The average Bonchev–Trinajstić information content (AvgIpc) is 3.13. The normalized spacial score (nSPS) is 20.8. The molecule has 1 amide bonds. The number of hydrogen-bond acceptors (Lipinski definition) is 4. The van der Waals surface area contributed by atoms with E-state index in [2.05, 4.69) is 15.3 Å². The van der Waals surface area contributed by atoms with Crippen LogP contribution in [0.5, 0.6) is 0 Å². The fourth-order valence-corrected chi connectivity index (χ4v) is 1.97. The Bertz CT molecular complexity index is 416. The number of carbonyl (C=O) groups excluding carboxylic acids is 1. The summed E-state index contributed by atoms with van der Waals surface area (Å²) in [4.78, 5) is 21.8. The van der Waals surface area contributed by atoms with Crippen molar-refractivity contribution in [2.75, 3.05) is 24.5 Å². The fourth-order valence-electron chi connectivity index (χ4n) is 1.97. The van der Waals surface area contributed by atoms with Crippen molar-refractivity contribution < 1.29 is 4.79 Å². The van der Waals surface area contributed by atoms with Crippen LogP contribution in [0.1, 0.15) is 24.5 Å². The second kappa shape index (κ2) is 3.73. The first-order valence-electron chi connectivity index (χ1n) is 5.66. The van der Waals surface area contributed by atoms with E-state index in [9.17, 15) is 4.79 Å². The molecule has 1 aromatic rings. The highest BCUT2D eigenvalue weighted by atomic mass is 16.2. The second-order valence-electron chi connectivity index (χ2n) is 4.35. The molecule has 84 valence electrons. The van der Waals surface area contributed by atoms with Crippen molar-refractivity contribution in [3.63, 3.8) is 0 Å². The molecule has 0 spiro atoms. The lowest BCUT2D eigenvalue weighted by Crippen LogP contribution is -2.48. The molecule has 0 unspecified atom stereocenters. The van der Waals surface area contributed by atoms with Crippen molar-refractivity contribution in [1.29, 1.82) is 0 Å². The maximum atomic E-state index is 11.3. The minimum atomic E-state index is 0.0674. The number of aromatic nitrogens is 2. The molecule has 1 saturated heterocycles. The van der Waals surface area contributed by atoms with Crippen LogP contribution in [0.4, 0.5) is 5.82 Å². The van der Waals surface area contributed by atoms with E-state index >= 15 is 0 Å². The van der Waals surface area contributed by atoms with Gasteiger partial charge in [-0.2, -0.15) is 0 Å². The Balaban J connectivity index is 1.81. The molecule has 1 aliphatic heterocycles. The number of nitrogens with one attached hydrogen (secondary N) is 1. The van der Waals surface area contributed by atoms with Crippen LogP contribution < -0.4 is 10.2 Å². The fraction of sp³-hybridized carbons (Fsp3) is 0.545. The maximum absolute atomic E-state index is 11.3. The van der Waals surface area contributed by atoms with Crippen molar-refractivity contribution in [3.8, 4) is 0 Å². The topological polar surface area (TPSA) is 58.1 Å². The minimum Gasteiger partial charge on any atom is -0.353 e. The van der Waals surface area contributed by atoms with E-state index in [1.807, 2.05) is 11.0 Å². The molecule has 2 aliphatic rings. The molecule has 5 heteroatoms. The average molecular weight is 218 g/mol. The lowest BCUT2D eigenvalue weighted by atomic mass is 10.2. The molecule has 0 bridgehead atoms. The smallest absolute Gasteiger partial charge is 0.239 e. The van der Waals surface area contributed by atoms with Gasteiger partial charge in [0.1, 0.15) is 12.1 Å². The quantitative estimate of drug-likeness (QED) is 0.775. The van der Waals surface area contributed by atoms with Gasteiger partial charge in [0.05, 0.1) is 6.54 Å². The van der Waals surface area contributed by atoms with Crippen LogP contribution in [0.15, 0.2) is 12.4 Å². The van der Waals surface area contributed by atoms with Gasteiger partial charge in [-0.15, -0.1) is 0 Å². The number of nitrogens with zero attached hydrogens (tertiary/aromatic N) is 3. The Kier molecular flexibility index (Phi) is 2.23. The number of anilines is 1. The van der Waals surface area contributed by atoms with Gasteiger partial charge < -0.3 is 10.2 Å². The SMILES string of the molecule is O=C1CN(c2cc(C3CC3)ncn2)CCN1. The molecule has 5 nitrogen and oxygen atoms in total. The molecule has 2 heterocycles. The van der Waals surface area contributed by atoms with Gasteiger partial charge in [-0.05, 0) is 12.8 Å². The summed E-state index contributed by atoms with van der Waals surface area (Å²) >= 11 is 0. The van der Waals surface area contributed by atoms with E-state index in [-0.39, 0.29) is 5.91 Å². The monoisotopic (exact) mass is 218 g/mol. The van der Waals surface area contributed by atoms with Crippen LogP contribution in [0, 0.1) is 0 Å². The highest BCUT2D eigenvalue weighted by Crippen LogP contribution is 2.39. The van der Waals surface area contributed by atoms with Gasteiger partial charge in [-0.25, -0.2) is 9.97 Å². The van der Waals surface area contributed by atoms with Crippen LogP contribution in [-0.2, 0) is 4.79 Å². The van der Waals surface area contributed by atoms with Gasteiger partial charge in [-0.1, -0.05) is 0 Å². The summed E-state index contributed by atoms with van der Waals surface area (Å²) in [5.41, 5.74) is 1.12. The number of amides is 1. The van der Waals surface area contributed by atoms with Crippen LogP contribution in [0.25, 0.3) is 0 Å². The summed E-state index contributed by atoms with van der Waals surface area (Å²) in [6.07, 6.45) is 4.07. The zero-order chi connectivity index (χ0) is 11.0. The van der Waals surface area contributed by atoms with Crippen molar-refractivity contribution in [2.24, 2.45) is 0 Å². The highest BCUT2D eigenvalue weighted by molar-refractivity contribution is 5.82. The first kappa shape index (κ1) is 9.57. The predicted molar refractivity (Wildman–Crippen MR) is 59.2 cm³/mol. The van der Waals surface area contributed by atoms with Crippen molar-refractivity contribution in [3.05, 3.63) is 18.1 Å². The Labute approximate surface area is 93.9 Å². The molecule has 0 radical (unpaired) electrons. The van der Waals surface area contributed by atoms with E-state index in [1.165, 1.54) is 12.8 Å².